The number of aliphatic carboxylic acids is 1. The van der Waals surface area contributed by atoms with Crippen molar-refractivity contribution in [2.75, 3.05) is 13.2 Å². The summed E-state index contributed by atoms with van der Waals surface area (Å²) in [7, 11) is 0. The lowest BCUT2D eigenvalue weighted by atomic mass is 9.79. The Bertz CT molecular complexity index is 1010. The van der Waals surface area contributed by atoms with E-state index in [0.717, 1.165) is 30.4 Å². The molecule has 2 amide bonds. The smallest absolute Gasteiger partial charge is 0.407 e. The molecule has 3 atom stereocenters. The number of rotatable bonds is 8. The number of hydrogen-bond donors (Lipinski definition) is 3. The Morgan fingerprint density at radius 1 is 1.00 bits per heavy atom. The molecule has 180 valence electrons. The van der Waals surface area contributed by atoms with E-state index >= 15 is 0 Å². The van der Waals surface area contributed by atoms with Crippen LogP contribution in [0.25, 0.3) is 11.1 Å². The molecule has 2 aromatic carbocycles. The maximum atomic E-state index is 12.4. The number of carboxylic acid groups (broad SMARTS) is 1. The van der Waals surface area contributed by atoms with E-state index in [1.165, 1.54) is 11.1 Å². The van der Waals surface area contributed by atoms with Crippen LogP contribution in [-0.2, 0) is 14.3 Å². The van der Waals surface area contributed by atoms with Gasteiger partial charge in [0, 0.05) is 24.9 Å². The molecule has 34 heavy (non-hydrogen) atoms. The molecule has 4 rings (SSSR count). The number of amides is 2. The van der Waals surface area contributed by atoms with E-state index in [1.54, 1.807) is 6.92 Å². The van der Waals surface area contributed by atoms with E-state index < -0.39 is 24.0 Å². The molecule has 0 aliphatic heterocycles. The summed E-state index contributed by atoms with van der Waals surface area (Å²) in [4.78, 5) is 36.2. The van der Waals surface area contributed by atoms with Gasteiger partial charge in [0.05, 0.1) is 5.92 Å². The van der Waals surface area contributed by atoms with Gasteiger partial charge in [0.2, 0.25) is 5.91 Å². The first kappa shape index (κ1) is 23.8. The molecule has 0 heterocycles. The first-order valence-corrected chi connectivity index (χ1v) is 12.0. The van der Waals surface area contributed by atoms with Crippen molar-refractivity contribution in [1.82, 2.24) is 10.6 Å². The third-order valence-electron chi connectivity index (χ3n) is 6.99. The molecular weight excluding hydrogens is 432 g/mol. The normalized spacial score (nSPS) is 20.0. The van der Waals surface area contributed by atoms with Gasteiger partial charge in [-0.05, 0) is 47.9 Å². The van der Waals surface area contributed by atoms with Crippen LogP contribution < -0.4 is 10.6 Å². The van der Waals surface area contributed by atoms with Crippen LogP contribution in [-0.4, -0.2) is 42.3 Å². The highest BCUT2D eigenvalue weighted by molar-refractivity contribution is 5.79. The van der Waals surface area contributed by atoms with E-state index in [0.29, 0.717) is 13.0 Å². The maximum Gasteiger partial charge on any atom is 0.407 e. The lowest BCUT2D eigenvalue weighted by Crippen LogP contribution is -2.41. The highest BCUT2D eigenvalue weighted by atomic mass is 16.5. The molecule has 2 aliphatic carbocycles. The summed E-state index contributed by atoms with van der Waals surface area (Å²) >= 11 is 0. The molecule has 2 aromatic rings. The van der Waals surface area contributed by atoms with Gasteiger partial charge in [0.25, 0.3) is 0 Å². The molecular formula is C27H32N2O5. The Labute approximate surface area is 199 Å². The number of carbonyl (C=O) groups is 3. The van der Waals surface area contributed by atoms with Crippen molar-refractivity contribution in [1.29, 1.82) is 0 Å². The maximum absolute atomic E-state index is 12.4. The molecule has 2 aliphatic rings. The Morgan fingerprint density at radius 3 is 2.26 bits per heavy atom. The lowest BCUT2D eigenvalue weighted by molar-refractivity contribution is -0.145. The molecule has 0 radical (unpaired) electrons. The zero-order valence-corrected chi connectivity index (χ0v) is 19.5. The van der Waals surface area contributed by atoms with Crippen molar-refractivity contribution in [3.8, 4) is 11.1 Å². The largest absolute Gasteiger partial charge is 0.481 e. The van der Waals surface area contributed by atoms with Gasteiger partial charge < -0.3 is 20.5 Å². The van der Waals surface area contributed by atoms with Gasteiger partial charge >= 0.3 is 12.1 Å². The second kappa shape index (κ2) is 10.7. The van der Waals surface area contributed by atoms with Crippen LogP contribution >= 0.6 is 0 Å². The molecule has 0 saturated heterocycles. The minimum absolute atomic E-state index is 0.0190. The second-order valence-electron chi connectivity index (χ2n) is 9.37. The highest BCUT2D eigenvalue weighted by Crippen LogP contribution is 2.44. The molecule has 0 bridgehead atoms. The number of carboxylic acids is 1. The molecule has 0 unspecified atom stereocenters. The average Bonchev–Trinajstić information content (AvgIpc) is 3.15. The molecule has 0 spiro atoms. The predicted molar refractivity (Wildman–Crippen MR) is 128 cm³/mol. The minimum atomic E-state index is -0.788. The van der Waals surface area contributed by atoms with E-state index in [-0.39, 0.29) is 30.8 Å². The van der Waals surface area contributed by atoms with Crippen molar-refractivity contribution in [3.63, 3.8) is 0 Å². The first-order valence-electron chi connectivity index (χ1n) is 12.0. The SMILES string of the molecule is C[C@H](CC(=O)NC[C@H]1CCCC[C@H]1C(=O)O)NC(=O)OCC1c2ccccc2-c2ccccc21. The van der Waals surface area contributed by atoms with Crippen molar-refractivity contribution < 1.29 is 24.2 Å². The summed E-state index contributed by atoms with van der Waals surface area (Å²) < 4.78 is 5.54. The molecule has 0 aromatic heterocycles. The highest BCUT2D eigenvalue weighted by Gasteiger charge is 2.31. The fourth-order valence-corrected chi connectivity index (χ4v) is 5.26. The second-order valence-corrected chi connectivity index (χ2v) is 9.37. The average molecular weight is 465 g/mol. The van der Waals surface area contributed by atoms with Crippen LogP contribution in [0.4, 0.5) is 4.79 Å². The van der Waals surface area contributed by atoms with E-state index in [2.05, 4.69) is 34.9 Å². The van der Waals surface area contributed by atoms with Crippen molar-refractivity contribution in [2.24, 2.45) is 11.8 Å². The third-order valence-corrected chi connectivity index (χ3v) is 6.99. The van der Waals surface area contributed by atoms with Gasteiger partial charge in [-0.15, -0.1) is 0 Å². The van der Waals surface area contributed by atoms with Crippen LogP contribution in [0.15, 0.2) is 48.5 Å². The molecule has 7 nitrogen and oxygen atoms in total. The summed E-state index contributed by atoms with van der Waals surface area (Å²) in [5.74, 6) is -1.45. The topological polar surface area (TPSA) is 105 Å². The van der Waals surface area contributed by atoms with E-state index in [4.69, 9.17) is 4.74 Å². The summed E-state index contributed by atoms with van der Waals surface area (Å²) in [6.07, 6.45) is 2.93. The summed E-state index contributed by atoms with van der Waals surface area (Å²) in [6, 6.07) is 15.9. The molecule has 3 N–H and O–H groups in total. The fraction of sp³-hybridized carbons (Fsp3) is 0.444. The van der Waals surface area contributed by atoms with E-state index in [1.807, 2.05) is 24.3 Å². The minimum Gasteiger partial charge on any atom is -0.481 e. The van der Waals surface area contributed by atoms with Crippen molar-refractivity contribution >= 4 is 18.0 Å². The number of fused-ring (bicyclic) bond motifs is 3. The van der Waals surface area contributed by atoms with Crippen LogP contribution in [0, 0.1) is 11.8 Å². The number of benzene rings is 2. The van der Waals surface area contributed by atoms with Gasteiger partial charge in [0.15, 0.2) is 0 Å². The van der Waals surface area contributed by atoms with Gasteiger partial charge in [0.1, 0.15) is 6.61 Å². The summed E-state index contributed by atoms with van der Waals surface area (Å²) in [5, 5.41) is 15.0. The molecule has 1 fully saturated rings. The van der Waals surface area contributed by atoms with Crippen LogP contribution in [0.3, 0.4) is 0 Å². The third kappa shape index (κ3) is 5.41. The van der Waals surface area contributed by atoms with Gasteiger partial charge in [-0.2, -0.15) is 0 Å². The lowest BCUT2D eigenvalue weighted by Gasteiger charge is -2.28. The zero-order valence-electron chi connectivity index (χ0n) is 19.5. The van der Waals surface area contributed by atoms with Crippen molar-refractivity contribution in [3.05, 3.63) is 59.7 Å². The monoisotopic (exact) mass is 464 g/mol. The standard InChI is InChI=1S/C27H32N2O5/c1-17(14-25(30)28-15-18-8-2-3-9-19(18)26(31)32)29-27(33)34-16-24-22-12-6-4-10-20(22)21-11-5-7-13-23(21)24/h4-7,10-13,17-19,24H,2-3,8-9,14-16H2,1H3,(H,28,30)(H,29,33)(H,31,32)/t17-,18-,19-/m1/s1. The Hall–Kier alpha value is -3.35. The molecule has 1 saturated carbocycles. The predicted octanol–water partition coefficient (Wildman–Crippen LogP) is 4.31. The Balaban J connectivity index is 1.24. The van der Waals surface area contributed by atoms with Crippen LogP contribution in [0.5, 0.6) is 0 Å². The first-order chi connectivity index (χ1) is 16.4. The summed E-state index contributed by atoms with van der Waals surface area (Å²) in [6.45, 7) is 2.33. The Kier molecular flexibility index (Phi) is 7.50. The van der Waals surface area contributed by atoms with Crippen molar-refractivity contribution in [2.45, 2.75) is 51.0 Å². The van der Waals surface area contributed by atoms with Crippen LogP contribution in [0.1, 0.15) is 56.1 Å². The number of hydrogen-bond acceptors (Lipinski definition) is 4. The van der Waals surface area contributed by atoms with Gasteiger partial charge in [-0.25, -0.2) is 4.79 Å². The molecule has 7 heteroatoms. The Morgan fingerprint density at radius 2 is 1.62 bits per heavy atom. The van der Waals surface area contributed by atoms with E-state index in [9.17, 15) is 19.5 Å². The van der Waals surface area contributed by atoms with Gasteiger partial charge in [-0.1, -0.05) is 61.4 Å². The zero-order chi connectivity index (χ0) is 24.1. The number of nitrogens with one attached hydrogen (secondary N) is 2. The van der Waals surface area contributed by atoms with Gasteiger partial charge in [-0.3, -0.25) is 9.59 Å². The summed E-state index contributed by atoms with van der Waals surface area (Å²) in [5.41, 5.74) is 4.62. The number of alkyl carbamates (subject to hydrolysis) is 1. The fourth-order valence-electron chi connectivity index (χ4n) is 5.26. The quantitative estimate of drug-likeness (QED) is 0.540. The number of carbonyl (C=O) groups excluding carboxylic acids is 2. The van der Waals surface area contributed by atoms with Crippen LogP contribution in [0.2, 0.25) is 0 Å². The number of ether oxygens (including phenoxy) is 1.